The van der Waals surface area contributed by atoms with Crippen molar-refractivity contribution in [2.45, 2.75) is 45.7 Å². The predicted molar refractivity (Wildman–Crippen MR) is 107 cm³/mol. The Labute approximate surface area is 165 Å². The second kappa shape index (κ2) is 9.39. The Kier molecular flexibility index (Phi) is 6.68. The van der Waals surface area contributed by atoms with Gasteiger partial charge in [0, 0.05) is 32.4 Å². The minimum Gasteiger partial charge on any atom is -0.459 e. The molecule has 1 aliphatic rings. The van der Waals surface area contributed by atoms with E-state index in [9.17, 15) is 9.59 Å². The van der Waals surface area contributed by atoms with E-state index in [0.29, 0.717) is 19.5 Å². The van der Waals surface area contributed by atoms with Crippen LogP contribution in [0.4, 0.5) is 5.82 Å². The van der Waals surface area contributed by atoms with Gasteiger partial charge in [-0.25, -0.2) is 4.98 Å². The number of aromatic nitrogens is 1. The van der Waals surface area contributed by atoms with Crippen LogP contribution >= 0.6 is 0 Å². The molecule has 3 rings (SSSR count). The number of nitrogens with zero attached hydrogens (tertiary/aromatic N) is 3. The third-order valence-corrected chi connectivity index (χ3v) is 5.16. The molecule has 3 heterocycles. The van der Waals surface area contributed by atoms with Crippen LogP contribution in [-0.2, 0) is 11.3 Å². The molecule has 7 nitrogen and oxygen atoms in total. The number of carbonyl (C=O) groups excluding carboxylic acids is 2. The summed E-state index contributed by atoms with van der Waals surface area (Å²) in [6.07, 6.45) is 5.76. The molecule has 1 aliphatic heterocycles. The molecule has 1 atom stereocenters. The van der Waals surface area contributed by atoms with E-state index in [-0.39, 0.29) is 17.6 Å². The molecule has 1 N–H and O–H groups in total. The Morgan fingerprint density at radius 2 is 2.07 bits per heavy atom. The molecule has 1 unspecified atom stereocenters. The van der Waals surface area contributed by atoms with Gasteiger partial charge < -0.3 is 19.5 Å². The van der Waals surface area contributed by atoms with Crippen molar-refractivity contribution in [3.63, 3.8) is 0 Å². The number of furan rings is 1. The van der Waals surface area contributed by atoms with Gasteiger partial charge in [0.05, 0.1) is 6.26 Å². The first kappa shape index (κ1) is 19.9. The fourth-order valence-corrected chi connectivity index (χ4v) is 3.55. The second-order valence-corrected chi connectivity index (χ2v) is 6.90. The van der Waals surface area contributed by atoms with E-state index in [4.69, 9.17) is 4.42 Å². The Morgan fingerprint density at radius 1 is 1.25 bits per heavy atom. The van der Waals surface area contributed by atoms with Crippen molar-refractivity contribution in [3.8, 4) is 0 Å². The number of anilines is 1. The summed E-state index contributed by atoms with van der Waals surface area (Å²) in [5, 5.41) is 2.96. The average Bonchev–Trinajstić information content (AvgIpc) is 3.28. The lowest BCUT2D eigenvalue weighted by Crippen LogP contribution is -2.51. The van der Waals surface area contributed by atoms with Crippen LogP contribution in [0.5, 0.6) is 0 Å². The van der Waals surface area contributed by atoms with Gasteiger partial charge in [-0.15, -0.1) is 0 Å². The van der Waals surface area contributed by atoms with Gasteiger partial charge in [-0.05, 0) is 56.9 Å². The third-order valence-electron chi connectivity index (χ3n) is 5.16. The number of nitrogens with one attached hydrogen (secondary N) is 1. The molecule has 1 fully saturated rings. The maximum atomic E-state index is 12.8. The molecular formula is C21H28N4O3. The largest absolute Gasteiger partial charge is 0.459 e. The number of rotatable bonds is 7. The van der Waals surface area contributed by atoms with Crippen molar-refractivity contribution < 1.29 is 14.0 Å². The monoisotopic (exact) mass is 384 g/mol. The van der Waals surface area contributed by atoms with Crippen LogP contribution in [0.2, 0.25) is 0 Å². The lowest BCUT2D eigenvalue weighted by atomic mass is 10.0. The predicted octanol–water partition coefficient (Wildman–Crippen LogP) is 2.83. The summed E-state index contributed by atoms with van der Waals surface area (Å²) in [6, 6.07) is 6.81. The molecule has 0 aromatic carbocycles. The number of pyridine rings is 1. The molecule has 150 valence electrons. The molecule has 0 aliphatic carbocycles. The number of hydrogen-bond acceptors (Lipinski definition) is 5. The summed E-state index contributed by atoms with van der Waals surface area (Å²) in [5.74, 6) is 0.848. The quantitative estimate of drug-likeness (QED) is 0.794. The number of likely N-dealkylation sites (tertiary alicyclic amines) is 1. The van der Waals surface area contributed by atoms with Crippen LogP contribution in [0.3, 0.4) is 0 Å². The van der Waals surface area contributed by atoms with Crippen molar-refractivity contribution in [3.05, 3.63) is 48.0 Å². The van der Waals surface area contributed by atoms with Crippen LogP contribution in [0.15, 0.2) is 41.1 Å². The standard InChI is InChI=1S/C21H28N4O3/c1-3-24(4-2)19-11-10-16(14-22-19)15-23-20(26)17-8-5-6-12-25(17)21(27)18-9-7-13-28-18/h7,9-11,13-14,17H,3-6,8,12,15H2,1-2H3,(H,23,26). The summed E-state index contributed by atoms with van der Waals surface area (Å²) in [5.41, 5.74) is 0.934. The average molecular weight is 384 g/mol. The Morgan fingerprint density at radius 3 is 2.71 bits per heavy atom. The lowest BCUT2D eigenvalue weighted by Gasteiger charge is -2.34. The SMILES string of the molecule is CCN(CC)c1ccc(CNC(=O)C2CCCCN2C(=O)c2ccco2)cn1. The molecular weight excluding hydrogens is 356 g/mol. The highest BCUT2D eigenvalue weighted by atomic mass is 16.3. The molecule has 2 aromatic heterocycles. The summed E-state index contributed by atoms with van der Waals surface area (Å²) in [6.45, 7) is 6.96. The molecule has 2 amide bonds. The van der Waals surface area contributed by atoms with Crippen LogP contribution in [0.1, 0.15) is 49.2 Å². The van der Waals surface area contributed by atoms with E-state index in [2.05, 4.69) is 29.0 Å². The highest BCUT2D eigenvalue weighted by Gasteiger charge is 2.33. The topological polar surface area (TPSA) is 78.7 Å². The molecule has 7 heteroatoms. The Hall–Kier alpha value is -2.83. The first-order chi connectivity index (χ1) is 13.6. The minimum absolute atomic E-state index is 0.132. The smallest absolute Gasteiger partial charge is 0.290 e. The van der Waals surface area contributed by atoms with E-state index in [1.807, 2.05) is 12.1 Å². The van der Waals surface area contributed by atoms with Crippen LogP contribution in [0.25, 0.3) is 0 Å². The Bertz CT molecular complexity index is 769. The van der Waals surface area contributed by atoms with Gasteiger partial charge >= 0.3 is 0 Å². The van der Waals surface area contributed by atoms with Crippen LogP contribution in [0, 0.1) is 0 Å². The number of carbonyl (C=O) groups is 2. The van der Waals surface area contributed by atoms with Crippen molar-refractivity contribution >= 4 is 17.6 Å². The van der Waals surface area contributed by atoms with Crippen LogP contribution in [-0.4, -0.2) is 47.4 Å². The fraction of sp³-hybridized carbons (Fsp3) is 0.476. The minimum atomic E-state index is -0.464. The van der Waals surface area contributed by atoms with Gasteiger partial charge in [-0.2, -0.15) is 0 Å². The van der Waals surface area contributed by atoms with Gasteiger partial charge in [0.2, 0.25) is 5.91 Å². The van der Waals surface area contributed by atoms with E-state index in [0.717, 1.165) is 37.3 Å². The molecule has 0 spiro atoms. The van der Waals surface area contributed by atoms with Gasteiger partial charge in [0.15, 0.2) is 5.76 Å². The van der Waals surface area contributed by atoms with E-state index >= 15 is 0 Å². The first-order valence-corrected chi connectivity index (χ1v) is 9.96. The molecule has 28 heavy (non-hydrogen) atoms. The van der Waals surface area contributed by atoms with Crippen molar-refractivity contribution in [2.24, 2.45) is 0 Å². The zero-order valence-corrected chi connectivity index (χ0v) is 16.6. The van der Waals surface area contributed by atoms with E-state index < -0.39 is 6.04 Å². The highest BCUT2D eigenvalue weighted by molar-refractivity contribution is 5.95. The van der Waals surface area contributed by atoms with Gasteiger partial charge in [0.1, 0.15) is 11.9 Å². The molecule has 0 saturated carbocycles. The first-order valence-electron chi connectivity index (χ1n) is 9.96. The zero-order chi connectivity index (χ0) is 19.9. The number of amides is 2. The maximum absolute atomic E-state index is 12.8. The lowest BCUT2D eigenvalue weighted by molar-refractivity contribution is -0.126. The summed E-state index contributed by atoms with van der Waals surface area (Å²) >= 11 is 0. The van der Waals surface area contributed by atoms with E-state index in [1.54, 1.807) is 23.2 Å². The fourth-order valence-electron chi connectivity index (χ4n) is 3.55. The number of hydrogen-bond donors (Lipinski definition) is 1. The van der Waals surface area contributed by atoms with Crippen molar-refractivity contribution in [1.29, 1.82) is 0 Å². The number of piperidine rings is 1. The second-order valence-electron chi connectivity index (χ2n) is 6.90. The van der Waals surface area contributed by atoms with Crippen molar-refractivity contribution in [1.82, 2.24) is 15.2 Å². The molecule has 2 aromatic rings. The summed E-state index contributed by atoms with van der Waals surface area (Å²) in [7, 11) is 0. The normalized spacial score (nSPS) is 16.6. The van der Waals surface area contributed by atoms with E-state index in [1.165, 1.54) is 6.26 Å². The third kappa shape index (κ3) is 4.52. The van der Waals surface area contributed by atoms with Crippen molar-refractivity contribution in [2.75, 3.05) is 24.5 Å². The van der Waals surface area contributed by atoms with Crippen LogP contribution < -0.4 is 10.2 Å². The molecule has 0 bridgehead atoms. The zero-order valence-electron chi connectivity index (χ0n) is 16.6. The summed E-state index contributed by atoms with van der Waals surface area (Å²) in [4.78, 5) is 33.7. The maximum Gasteiger partial charge on any atom is 0.290 e. The Balaban J connectivity index is 1.60. The summed E-state index contributed by atoms with van der Waals surface area (Å²) < 4.78 is 5.22. The highest BCUT2D eigenvalue weighted by Crippen LogP contribution is 2.20. The van der Waals surface area contributed by atoms with Gasteiger partial charge in [0.25, 0.3) is 5.91 Å². The molecule has 0 radical (unpaired) electrons. The molecule has 1 saturated heterocycles. The van der Waals surface area contributed by atoms with Gasteiger partial charge in [-0.1, -0.05) is 6.07 Å². The van der Waals surface area contributed by atoms with Gasteiger partial charge in [-0.3, -0.25) is 9.59 Å².